The summed E-state index contributed by atoms with van der Waals surface area (Å²) in [6, 6.07) is 16.7. The Balaban J connectivity index is 1.73. The molecule has 7 aromatic carbocycles. The van der Waals surface area contributed by atoms with Gasteiger partial charge >= 0.3 is 37.1 Å². The van der Waals surface area contributed by atoms with Crippen LogP contribution in [-0.2, 0) is 37.1 Å². The van der Waals surface area contributed by atoms with Crippen LogP contribution in [0.15, 0.2) is 146 Å². The van der Waals surface area contributed by atoms with Gasteiger partial charge in [-0.15, -0.1) is 0 Å². The highest BCUT2D eigenvalue weighted by atomic mass is 19.4. The van der Waals surface area contributed by atoms with E-state index in [1.54, 1.807) is 0 Å². The van der Waals surface area contributed by atoms with Gasteiger partial charge in [-0.3, -0.25) is 0 Å². The first-order valence-corrected chi connectivity index (χ1v) is 18.8. The van der Waals surface area contributed by atoms with Crippen molar-refractivity contribution in [2.45, 2.75) is 37.1 Å². The molecule has 342 valence electrons. The molecule has 0 radical (unpaired) electrons. The van der Waals surface area contributed by atoms with Crippen LogP contribution in [0, 0.1) is 0 Å². The van der Waals surface area contributed by atoms with Crippen molar-refractivity contribution in [1.29, 1.82) is 0 Å². The Bertz CT molecular complexity index is 2740. The summed E-state index contributed by atoms with van der Waals surface area (Å²) in [4.78, 5) is 0. The molecule has 0 aromatic heterocycles. The summed E-state index contributed by atoms with van der Waals surface area (Å²) >= 11 is 0. The van der Waals surface area contributed by atoms with Gasteiger partial charge in [0.25, 0.3) is 0 Å². The second-order valence-electron chi connectivity index (χ2n) is 14.6. The van der Waals surface area contributed by atoms with E-state index in [-0.39, 0.29) is 12.1 Å². The Morgan fingerprint density at radius 1 is 0.182 bits per heavy atom. The van der Waals surface area contributed by atoms with E-state index in [9.17, 15) is 52.7 Å². The van der Waals surface area contributed by atoms with Crippen molar-refractivity contribution >= 4 is 0 Å². The first-order valence-electron chi connectivity index (χ1n) is 18.8. The van der Waals surface area contributed by atoms with Crippen LogP contribution in [0.4, 0.5) is 79.0 Å². The van der Waals surface area contributed by atoms with Crippen LogP contribution in [-0.4, -0.2) is 0 Å². The maximum atomic E-state index is 15.1. The van der Waals surface area contributed by atoms with E-state index >= 15 is 26.3 Å². The molecular formula is C48H24F18. The summed E-state index contributed by atoms with van der Waals surface area (Å²) in [5.74, 6) is 0. The lowest BCUT2D eigenvalue weighted by atomic mass is 9.80. The maximum absolute atomic E-state index is 15.1. The number of benzene rings is 7. The lowest BCUT2D eigenvalue weighted by molar-refractivity contribution is -0.138. The summed E-state index contributed by atoms with van der Waals surface area (Å²) in [5, 5.41) is 0. The average molecular weight is 943 g/mol. The Morgan fingerprint density at radius 2 is 0.394 bits per heavy atom. The van der Waals surface area contributed by atoms with Gasteiger partial charge in [0.05, 0.1) is 33.4 Å². The number of halogens is 18. The van der Waals surface area contributed by atoms with Crippen molar-refractivity contribution in [2.24, 2.45) is 0 Å². The minimum absolute atomic E-state index is 0.290. The molecule has 0 heterocycles. The van der Waals surface area contributed by atoms with Gasteiger partial charge < -0.3 is 0 Å². The van der Waals surface area contributed by atoms with Crippen LogP contribution in [0.1, 0.15) is 33.4 Å². The lowest BCUT2D eigenvalue weighted by Crippen LogP contribution is -2.12. The van der Waals surface area contributed by atoms with Gasteiger partial charge in [0.1, 0.15) is 0 Å². The number of hydrogen-bond donors (Lipinski definition) is 0. The van der Waals surface area contributed by atoms with Crippen molar-refractivity contribution in [3.8, 4) is 66.8 Å². The van der Waals surface area contributed by atoms with Crippen LogP contribution in [0.25, 0.3) is 66.8 Å². The molecule has 0 spiro atoms. The third-order valence-electron chi connectivity index (χ3n) is 10.5. The summed E-state index contributed by atoms with van der Waals surface area (Å²) < 4.78 is 266. The molecule has 66 heavy (non-hydrogen) atoms. The Kier molecular flexibility index (Phi) is 11.9. The van der Waals surface area contributed by atoms with E-state index in [2.05, 4.69) is 0 Å². The lowest BCUT2D eigenvalue weighted by Gasteiger charge is -2.25. The monoisotopic (exact) mass is 942 g/mol. The predicted octanol–water partition coefficient (Wildman–Crippen LogP) is 17.8. The predicted molar refractivity (Wildman–Crippen MR) is 209 cm³/mol. The van der Waals surface area contributed by atoms with Gasteiger partial charge in [-0.2, -0.15) is 79.0 Å². The molecule has 7 aromatic rings. The largest absolute Gasteiger partial charge is 0.417 e. The molecule has 0 saturated heterocycles. The number of hydrogen-bond acceptors (Lipinski definition) is 0. The first-order chi connectivity index (χ1) is 30.6. The molecule has 0 N–H and O–H groups in total. The van der Waals surface area contributed by atoms with E-state index in [0.29, 0.717) is 72.8 Å². The van der Waals surface area contributed by atoms with Crippen LogP contribution in [0.2, 0.25) is 0 Å². The van der Waals surface area contributed by atoms with Crippen molar-refractivity contribution in [1.82, 2.24) is 0 Å². The smallest absolute Gasteiger partial charge is 0.166 e. The van der Waals surface area contributed by atoms with Gasteiger partial charge in [-0.05, 0) is 127 Å². The molecule has 0 aliphatic heterocycles. The van der Waals surface area contributed by atoms with Crippen molar-refractivity contribution < 1.29 is 79.0 Å². The van der Waals surface area contributed by atoms with E-state index in [0.717, 1.165) is 60.7 Å². The van der Waals surface area contributed by atoms with Crippen molar-refractivity contribution in [3.63, 3.8) is 0 Å². The topological polar surface area (TPSA) is 0 Å². The van der Waals surface area contributed by atoms with Gasteiger partial charge in [0.15, 0.2) is 0 Å². The zero-order chi connectivity index (χ0) is 48.4. The number of rotatable bonds is 6. The second kappa shape index (κ2) is 16.6. The normalized spacial score (nSPS) is 13.0. The van der Waals surface area contributed by atoms with E-state index in [1.165, 1.54) is 0 Å². The van der Waals surface area contributed by atoms with E-state index < -0.39 is 137 Å². The molecular weight excluding hydrogens is 918 g/mol. The van der Waals surface area contributed by atoms with Crippen LogP contribution in [0.5, 0.6) is 0 Å². The minimum Gasteiger partial charge on any atom is -0.166 e. The van der Waals surface area contributed by atoms with Gasteiger partial charge in [0.2, 0.25) is 0 Å². The summed E-state index contributed by atoms with van der Waals surface area (Å²) in [6.45, 7) is 0. The van der Waals surface area contributed by atoms with Gasteiger partial charge in [-0.25, -0.2) is 0 Å². The van der Waals surface area contributed by atoms with Crippen molar-refractivity contribution in [3.05, 3.63) is 179 Å². The molecule has 7 rings (SSSR count). The molecule has 0 bridgehead atoms. The quantitative estimate of drug-likeness (QED) is 0.146. The summed E-state index contributed by atoms with van der Waals surface area (Å²) in [7, 11) is 0. The molecule has 0 aliphatic carbocycles. The Hall–Kier alpha value is -6.72. The maximum Gasteiger partial charge on any atom is 0.417 e. The second-order valence-corrected chi connectivity index (χ2v) is 14.6. The van der Waals surface area contributed by atoms with E-state index in [1.807, 2.05) is 0 Å². The molecule has 0 saturated carbocycles. The molecule has 0 unspecified atom stereocenters. The molecule has 18 heteroatoms. The molecule has 0 fully saturated rings. The van der Waals surface area contributed by atoms with Crippen LogP contribution >= 0.6 is 0 Å². The summed E-state index contributed by atoms with van der Waals surface area (Å²) in [5.41, 5.74) is -20.7. The first kappa shape index (κ1) is 47.2. The van der Waals surface area contributed by atoms with Crippen LogP contribution < -0.4 is 0 Å². The number of alkyl halides is 18. The fraction of sp³-hybridized carbons (Fsp3) is 0.125. The SMILES string of the molecule is FC(F)(F)c1ccccc1-c1ccc(C(F)(F)F)c(-c2cc(-c3ccccc3C(F)(F)F)c(-c3cc(-c4ccccc4C(F)(F)F)ccc3C(F)(F)F)cc2-c2ccccc2C(F)(F)F)c1. The highest BCUT2D eigenvalue weighted by Crippen LogP contribution is 2.53. The molecule has 0 amide bonds. The molecule has 0 aliphatic rings. The van der Waals surface area contributed by atoms with Crippen LogP contribution in [0.3, 0.4) is 0 Å². The minimum atomic E-state index is -5.50. The molecule has 0 atom stereocenters. The highest BCUT2D eigenvalue weighted by molar-refractivity contribution is 5.99. The Labute approximate surface area is 361 Å². The third-order valence-corrected chi connectivity index (χ3v) is 10.5. The molecule has 0 nitrogen and oxygen atoms in total. The average Bonchev–Trinajstić information content (AvgIpc) is 3.23. The summed E-state index contributed by atoms with van der Waals surface area (Å²) in [6.07, 6.45) is -32.0. The van der Waals surface area contributed by atoms with E-state index in [4.69, 9.17) is 0 Å². The zero-order valence-electron chi connectivity index (χ0n) is 32.7. The van der Waals surface area contributed by atoms with Gasteiger partial charge in [0, 0.05) is 0 Å². The highest BCUT2D eigenvalue weighted by Gasteiger charge is 2.42. The fourth-order valence-corrected chi connectivity index (χ4v) is 7.75. The van der Waals surface area contributed by atoms with Crippen molar-refractivity contribution in [2.75, 3.05) is 0 Å². The Morgan fingerprint density at radius 3 is 0.667 bits per heavy atom. The zero-order valence-corrected chi connectivity index (χ0v) is 32.7. The third kappa shape index (κ3) is 9.35. The van der Waals surface area contributed by atoms with Gasteiger partial charge in [-0.1, -0.05) is 84.9 Å². The standard InChI is InChI=1S/C48H24F18/c49-43(50,51)37-13-5-1-9-27(37)25-17-19-41(47(61,62)63)35(21-25)33-23-32(30-12-4-8-16-40(30)46(58,59)60)34(24-31(33)29-11-3-7-15-39(29)45(55,56)57)36-22-26(18-20-42(36)48(64,65)66)28-10-2-6-14-38(28)44(52,53)54/h1-24H. The fourth-order valence-electron chi connectivity index (χ4n) is 7.75.